The molecule has 0 aliphatic heterocycles. The number of rotatable bonds is 14. The summed E-state index contributed by atoms with van der Waals surface area (Å²) in [4.78, 5) is 12.5. The molecule has 4 unspecified atom stereocenters. The van der Waals surface area contributed by atoms with E-state index in [1.165, 1.54) is 11.1 Å². The first-order valence-electron chi connectivity index (χ1n) is 15.7. The fourth-order valence-electron chi connectivity index (χ4n) is 5.39. The summed E-state index contributed by atoms with van der Waals surface area (Å²) in [5.41, 5.74) is 4.58. The minimum absolute atomic E-state index is 0.0253. The van der Waals surface area contributed by atoms with Gasteiger partial charge in [0.2, 0.25) is 0 Å². The second-order valence-corrected chi connectivity index (χ2v) is 12.2. The van der Waals surface area contributed by atoms with Crippen LogP contribution in [0.4, 0.5) is 4.79 Å². The van der Waals surface area contributed by atoms with Crippen LogP contribution in [0.1, 0.15) is 76.0 Å². The molecular formula is C39H46O5. The van der Waals surface area contributed by atoms with Crippen LogP contribution in [0.2, 0.25) is 0 Å². The number of hydrogen-bond donors (Lipinski definition) is 0. The summed E-state index contributed by atoms with van der Waals surface area (Å²) in [5.74, 6) is 1.57. The van der Waals surface area contributed by atoms with Gasteiger partial charge in [0.1, 0.15) is 11.5 Å². The SMILES string of the molecule is CC(Cc1ccc(OC(=O)Oc2ccc(CC(C)OC(c3ccccc3)C(C)C)cc2)cc1)OC(c1ccccc1)C(C)C. The third-order valence-corrected chi connectivity index (χ3v) is 7.52. The Morgan fingerprint density at radius 1 is 0.500 bits per heavy atom. The second kappa shape index (κ2) is 16.2. The first-order valence-corrected chi connectivity index (χ1v) is 15.7. The molecule has 0 amide bonds. The molecule has 44 heavy (non-hydrogen) atoms. The third kappa shape index (κ3) is 10.1. The highest BCUT2D eigenvalue weighted by atomic mass is 16.7. The average Bonchev–Trinajstić information content (AvgIpc) is 3.01. The van der Waals surface area contributed by atoms with Crippen molar-refractivity contribution in [2.75, 3.05) is 0 Å². The van der Waals surface area contributed by atoms with E-state index in [0.29, 0.717) is 23.3 Å². The van der Waals surface area contributed by atoms with Gasteiger partial charge in [0, 0.05) is 0 Å². The number of carbonyl (C=O) groups is 1. The molecule has 0 spiro atoms. The van der Waals surface area contributed by atoms with Gasteiger partial charge in [-0.3, -0.25) is 0 Å². The van der Waals surface area contributed by atoms with E-state index in [-0.39, 0.29) is 24.4 Å². The molecule has 4 rings (SSSR count). The molecule has 0 radical (unpaired) electrons. The Morgan fingerprint density at radius 3 is 1.16 bits per heavy atom. The van der Waals surface area contributed by atoms with Crippen LogP contribution in [0.25, 0.3) is 0 Å². The Morgan fingerprint density at radius 2 is 0.841 bits per heavy atom. The predicted octanol–water partition coefficient (Wildman–Crippen LogP) is 9.95. The molecule has 0 N–H and O–H groups in total. The Hall–Kier alpha value is -3.93. The standard InChI is InChI=1S/C39H46O5/c1-27(2)37(33-13-9-7-10-14-33)41-29(5)25-31-17-21-35(22-18-31)43-39(40)44-36-23-19-32(20-24-36)26-30(6)42-38(28(3)4)34-15-11-8-12-16-34/h7-24,27-30,37-38H,25-26H2,1-6H3. The van der Waals surface area contributed by atoms with E-state index in [1.807, 2.05) is 60.7 Å². The van der Waals surface area contributed by atoms with Gasteiger partial charge in [0.05, 0.1) is 24.4 Å². The van der Waals surface area contributed by atoms with Crippen molar-refractivity contribution in [2.45, 2.75) is 78.8 Å². The molecule has 0 bridgehead atoms. The van der Waals surface area contributed by atoms with Gasteiger partial charge in [-0.25, -0.2) is 4.79 Å². The molecule has 0 saturated heterocycles. The fourth-order valence-corrected chi connectivity index (χ4v) is 5.39. The molecule has 232 valence electrons. The van der Waals surface area contributed by atoms with Crippen LogP contribution in [0.15, 0.2) is 109 Å². The second-order valence-electron chi connectivity index (χ2n) is 12.2. The third-order valence-electron chi connectivity index (χ3n) is 7.52. The van der Waals surface area contributed by atoms with Crippen molar-refractivity contribution in [2.24, 2.45) is 11.8 Å². The van der Waals surface area contributed by atoms with Crippen LogP contribution in [-0.2, 0) is 22.3 Å². The van der Waals surface area contributed by atoms with E-state index in [4.69, 9.17) is 18.9 Å². The summed E-state index contributed by atoms with van der Waals surface area (Å²) < 4.78 is 23.7. The van der Waals surface area contributed by atoms with Gasteiger partial charge < -0.3 is 18.9 Å². The Kier molecular flexibility index (Phi) is 12.2. The lowest BCUT2D eigenvalue weighted by Crippen LogP contribution is -2.20. The van der Waals surface area contributed by atoms with Gasteiger partial charge in [-0.15, -0.1) is 0 Å². The van der Waals surface area contributed by atoms with Crippen LogP contribution >= 0.6 is 0 Å². The van der Waals surface area contributed by atoms with Crippen molar-refractivity contribution in [1.82, 2.24) is 0 Å². The van der Waals surface area contributed by atoms with Gasteiger partial charge in [0.25, 0.3) is 0 Å². The van der Waals surface area contributed by atoms with E-state index in [1.54, 1.807) is 24.3 Å². The zero-order valence-electron chi connectivity index (χ0n) is 26.8. The summed E-state index contributed by atoms with van der Waals surface area (Å²) in [7, 11) is 0. The number of carbonyl (C=O) groups excluding carboxylic acids is 1. The van der Waals surface area contributed by atoms with Gasteiger partial charge in [-0.1, -0.05) is 113 Å². The van der Waals surface area contributed by atoms with E-state index in [9.17, 15) is 4.79 Å². The highest BCUT2D eigenvalue weighted by Gasteiger charge is 2.21. The molecule has 5 nitrogen and oxygen atoms in total. The topological polar surface area (TPSA) is 54.0 Å². The maximum atomic E-state index is 12.5. The smallest absolute Gasteiger partial charge is 0.395 e. The summed E-state index contributed by atoms with van der Waals surface area (Å²) in [6, 6.07) is 35.6. The maximum Gasteiger partial charge on any atom is 0.519 e. The molecule has 4 aromatic carbocycles. The van der Waals surface area contributed by atoms with Crippen molar-refractivity contribution >= 4 is 6.16 Å². The molecule has 0 aliphatic rings. The van der Waals surface area contributed by atoms with Crippen LogP contribution in [0, 0.1) is 11.8 Å². The Balaban J connectivity index is 1.24. The molecule has 0 aliphatic carbocycles. The predicted molar refractivity (Wildman–Crippen MR) is 176 cm³/mol. The number of ether oxygens (including phenoxy) is 4. The molecule has 4 aromatic rings. The van der Waals surface area contributed by atoms with E-state index in [0.717, 1.165) is 24.0 Å². The summed E-state index contributed by atoms with van der Waals surface area (Å²) in [5, 5.41) is 0. The summed E-state index contributed by atoms with van der Waals surface area (Å²) >= 11 is 0. The molecule has 4 atom stereocenters. The highest BCUT2D eigenvalue weighted by molar-refractivity contribution is 5.67. The molecule has 0 saturated carbocycles. The Labute approximate surface area is 263 Å². The molecule has 0 fully saturated rings. The van der Waals surface area contributed by atoms with Gasteiger partial charge in [-0.05, 0) is 85.0 Å². The summed E-state index contributed by atoms with van der Waals surface area (Å²) in [6.07, 6.45) is 0.846. The molecular weight excluding hydrogens is 548 g/mol. The highest BCUT2D eigenvalue weighted by Crippen LogP contribution is 2.29. The van der Waals surface area contributed by atoms with Crippen molar-refractivity contribution in [3.63, 3.8) is 0 Å². The molecule has 0 heterocycles. The molecule has 0 aromatic heterocycles. The summed E-state index contributed by atoms with van der Waals surface area (Å²) in [6.45, 7) is 12.9. The minimum atomic E-state index is -0.774. The van der Waals surface area contributed by atoms with Gasteiger partial charge in [0.15, 0.2) is 0 Å². The lowest BCUT2D eigenvalue weighted by atomic mass is 9.98. The van der Waals surface area contributed by atoms with Crippen molar-refractivity contribution in [3.8, 4) is 11.5 Å². The van der Waals surface area contributed by atoms with Crippen LogP contribution < -0.4 is 9.47 Å². The van der Waals surface area contributed by atoms with Crippen LogP contribution in [0.5, 0.6) is 11.5 Å². The normalized spacial score (nSPS) is 14.2. The fraction of sp³-hybridized carbons (Fsp3) is 0.359. The first-order chi connectivity index (χ1) is 21.2. The van der Waals surface area contributed by atoms with Crippen molar-refractivity contribution in [1.29, 1.82) is 0 Å². The monoisotopic (exact) mass is 594 g/mol. The lowest BCUT2D eigenvalue weighted by molar-refractivity contribution is -0.0285. The van der Waals surface area contributed by atoms with Gasteiger partial charge in [-0.2, -0.15) is 0 Å². The first kappa shape index (κ1) is 33.0. The zero-order valence-corrected chi connectivity index (χ0v) is 26.8. The van der Waals surface area contributed by atoms with E-state index >= 15 is 0 Å². The lowest BCUT2D eigenvalue weighted by Gasteiger charge is -2.26. The van der Waals surface area contributed by atoms with E-state index < -0.39 is 6.16 Å². The maximum absolute atomic E-state index is 12.5. The largest absolute Gasteiger partial charge is 0.519 e. The minimum Gasteiger partial charge on any atom is -0.395 e. The van der Waals surface area contributed by atoms with Crippen LogP contribution in [-0.4, -0.2) is 18.4 Å². The number of benzene rings is 4. The number of hydrogen-bond acceptors (Lipinski definition) is 5. The molecule has 5 heteroatoms. The van der Waals surface area contributed by atoms with Crippen LogP contribution in [0.3, 0.4) is 0 Å². The van der Waals surface area contributed by atoms with E-state index in [2.05, 4.69) is 65.8 Å². The Bertz CT molecular complexity index is 1290. The average molecular weight is 595 g/mol. The van der Waals surface area contributed by atoms with Gasteiger partial charge >= 0.3 is 6.16 Å². The van der Waals surface area contributed by atoms with Crippen molar-refractivity contribution in [3.05, 3.63) is 131 Å². The quantitative estimate of drug-likeness (QED) is 0.107. The zero-order chi connectivity index (χ0) is 31.5. The van der Waals surface area contributed by atoms with Crippen molar-refractivity contribution < 1.29 is 23.7 Å².